The molecule has 33 heavy (non-hydrogen) atoms. The predicted octanol–water partition coefficient (Wildman–Crippen LogP) is 9.37. The van der Waals surface area contributed by atoms with Crippen molar-refractivity contribution in [3.8, 4) is 16.5 Å². The average molecular weight is 501 g/mol. The van der Waals surface area contributed by atoms with E-state index in [-0.39, 0.29) is 60.7 Å². The Morgan fingerprint density at radius 3 is 1.88 bits per heavy atom. The number of rotatable bonds is 4. The van der Waals surface area contributed by atoms with Gasteiger partial charge in [-0.1, -0.05) is 57.0 Å². The van der Waals surface area contributed by atoms with E-state index in [0.717, 1.165) is 21.6 Å². The van der Waals surface area contributed by atoms with Crippen molar-refractivity contribution >= 4 is 39.7 Å². The number of aromatic nitrogens is 2. The lowest BCUT2D eigenvalue weighted by Gasteiger charge is -2.20. The molecule has 0 saturated carbocycles. The molecular weight excluding hydrogens is 452 g/mol. The number of carbonyl (C=O) groups is 1. The quantitative estimate of drug-likeness (QED) is 0.334. The fourth-order valence-electron chi connectivity index (χ4n) is 2.08. The number of nitrogens with zero attached hydrogens (tertiary/aromatic N) is 2. The van der Waals surface area contributed by atoms with Gasteiger partial charge < -0.3 is 9.47 Å². The van der Waals surface area contributed by atoms with Gasteiger partial charge in [0.15, 0.2) is 0 Å². The highest BCUT2D eigenvalue weighted by Crippen LogP contribution is 2.33. The van der Waals surface area contributed by atoms with Crippen molar-refractivity contribution < 1.29 is 14.3 Å². The fraction of sp³-hybridized carbons (Fsp3) is 0.577. The lowest BCUT2D eigenvalue weighted by Crippen LogP contribution is -2.26. The zero-order valence-corrected chi connectivity index (χ0v) is 19.1. The van der Waals surface area contributed by atoms with Gasteiger partial charge in [-0.25, -0.2) is 9.97 Å². The summed E-state index contributed by atoms with van der Waals surface area (Å²) in [5.74, 6) is 0.463. The Kier molecular flexibility index (Phi) is 19.3. The molecule has 3 aromatic rings. The second kappa shape index (κ2) is 16.6. The minimum atomic E-state index is -0.346. The van der Waals surface area contributed by atoms with E-state index in [1.807, 2.05) is 76.7 Å². The van der Waals surface area contributed by atoms with E-state index in [2.05, 4.69) is 9.97 Å². The Balaban J connectivity index is -0.000000250. The zero-order valence-electron chi connectivity index (χ0n) is 17.5. The van der Waals surface area contributed by atoms with Crippen molar-refractivity contribution in [2.45, 2.75) is 97.3 Å². The molecule has 3 rings (SSSR count). The molecule has 0 aliphatic heterocycles. The Morgan fingerprint density at radius 1 is 0.939 bits per heavy atom. The minimum absolute atomic E-state index is 0. The van der Waals surface area contributed by atoms with Gasteiger partial charge in [0.2, 0.25) is 5.88 Å². The summed E-state index contributed by atoms with van der Waals surface area (Å²) in [6.07, 6.45) is 0.0918. The summed E-state index contributed by atoms with van der Waals surface area (Å²) in [6.45, 7) is 13.3. The molecule has 0 aliphatic rings. The van der Waals surface area contributed by atoms with Crippen molar-refractivity contribution in [1.29, 1.82) is 0 Å². The van der Waals surface area contributed by atoms with E-state index < -0.39 is 0 Å². The van der Waals surface area contributed by atoms with E-state index >= 15 is 0 Å². The van der Waals surface area contributed by atoms with Gasteiger partial charge in [-0.3, -0.25) is 4.79 Å². The summed E-state index contributed by atoms with van der Waals surface area (Å²) in [5.41, 5.74) is 2.32. The van der Waals surface area contributed by atoms with Gasteiger partial charge >= 0.3 is 5.97 Å². The lowest BCUT2D eigenvalue weighted by atomic mass is 10.1. The maximum Gasteiger partial charge on any atom is 0.308 e. The van der Waals surface area contributed by atoms with Gasteiger partial charge in [-0.05, 0) is 46.1 Å². The van der Waals surface area contributed by atoms with Crippen LogP contribution < -0.4 is 4.74 Å². The first-order valence-corrected chi connectivity index (χ1v) is 11.1. The largest absolute Gasteiger partial charge is 0.473 e. The van der Waals surface area contributed by atoms with E-state index in [0.29, 0.717) is 5.88 Å². The van der Waals surface area contributed by atoms with Gasteiger partial charge in [0.1, 0.15) is 22.3 Å². The van der Waals surface area contributed by atoms with Gasteiger partial charge in [0.25, 0.3) is 0 Å². The first kappa shape index (κ1) is 38.3. The first-order valence-electron chi connectivity index (χ1n) is 9.24. The van der Waals surface area contributed by atoms with Crippen LogP contribution in [0.5, 0.6) is 5.88 Å². The van der Waals surface area contributed by atoms with Crippen molar-refractivity contribution in [2.75, 3.05) is 0 Å². The summed E-state index contributed by atoms with van der Waals surface area (Å²) >= 11 is 3.26. The normalized spacial score (nSPS) is 9.73. The van der Waals surface area contributed by atoms with Crippen LogP contribution in [0.4, 0.5) is 0 Å². The van der Waals surface area contributed by atoms with E-state index in [4.69, 9.17) is 9.47 Å². The lowest BCUT2D eigenvalue weighted by molar-refractivity contribution is -0.158. The highest BCUT2D eigenvalue weighted by molar-refractivity contribution is 7.13. The van der Waals surface area contributed by atoms with E-state index in [9.17, 15) is 4.79 Å². The molecule has 0 bridgehead atoms. The van der Waals surface area contributed by atoms with Crippen molar-refractivity contribution in [3.05, 3.63) is 28.3 Å². The number of fused-ring (bicyclic) bond motifs is 1. The molecule has 0 spiro atoms. The molecule has 0 fully saturated rings. The van der Waals surface area contributed by atoms with Crippen LogP contribution >= 0.6 is 22.7 Å². The molecule has 3 heterocycles. The number of thiophene rings is 2. The third-order valence-electron chi connectivity index (χ3n) is 3.26. The SMILES string of the molecule is C.C.C.C.C.CC(C)C(=O)OC(C)(C)C.CC(C)Oc1nc2cscc2nc1-c1cccs1. The number of hydrogen-bond acceptors (Lipinski definition) is 7. The van der Waals surface area contributed by atoms with Crippen LogP contribution in [0.25, 0.3) is 21.6 Å². The van der Waals surface area contributed by atoms with E-state index in [1.165, 1.54) is 0 Å². The first-order chi connectivity index (χ1) is 13.1. The maximum atomic E-state index is 10.9. The van der Waals surface area contributed by atoms with Crippen molar-refractivity contribution in [2.24, 2.45) is 5.92 Å². The van der Waals surface area contributed by atoms with Gasteiger partial charge in [-0.2, -0.15) is 0 Å². The summed E-state index contributed by atoms with van der Waals surface area (Å²) in [7, 11) is 0. The summed E-state index contributed by atoms with van der Waals surface area (Å²) in [5, 5.41) is 6.04. The van der Waals surface area contributed by atoms with Crippen LogP contribution in [0.1, 0.15) is 85.6 Å². The van der Waals surface area contributed by atoms with Gasteiger partial charge in [0.05, 0.1) is 16.9 Å². The smallest absolute Gasteiger partial charge is 0.308 e. The van der Waals surface area contributed by atoms with Crippen LogP contribution in [-0.2, 0) is 9.53 Å². The van der Waals surface area contributed by atoms with Crippen LogP contribution in [0.2, 0.25) is 0 Å². The Bertz CT molecular complexity index is 896. The molecule has 192 valence electrons. The molecule has 0 saturated heterocycles. The monoisotopic (exact) mass is 500 g/mol. The molecule has 0 amide bonds. The Labute approximate surface area is 211 Å². The van der Waals surface area contributed by atoms with Crippen molar-refractivity contribution in [1.82, 2.24) is 9.97 Å². The summed E-state index contributed by atoms with van der Waals surface area (Å²) < 4.78 is 10.8. The molecule has 0 aliphatic carbocycles. The van der Waals surface area contributed by atoms with Gasteiger partial charge in [0, 0.05) is 10.8 Å². The Hall–Kier alpha value is -1.99. The number of ether oxygens (including phenoxy) is 2. The number of hydrogen-bond donors (Lipinski definition) is 0. The standard InChI is InChI=1S/C13H12N2OS2.C8H16O2.5CH4/c1-8(2)16-13-12(11-4-3-5-18-11)14-9-6-17-7-10(9)15-13;1-6(2)7(9)10-8(3,4)5;;;;;/h3-8H,1-2H3;6H,1-5H3;5*1H4. The van der Waals surface area contributed by atoms with Crippen molar-refractivity contribution in [3.63, 3.8) is 0 Å². The fourth-order valence-corrected chi connectivity index (χ4v) is 3.46. The zero-order chi connectivity index (χ0) is 20.9. The molecular formula is C26H48N2O3S2. The summed E-state index contributed by atoms with van der Waals surface area (Å²) in [6, 6.07) is 4.05. The van der Waals surface area contributed by atoms with Crippen LogP contribution in [-0.4, -0.2) is 27.6 Å². The van der Waals surface area contributed by atoms with Crippen LogP contribution in [0.15, 0.2) is 28.3 Å². The molecule has 7 heteroatoms. The predicted molar refractivity (Wildman–Crippen MR) is 151 cm³/mol. The molecule has 0 atom stereocenters. The van der Waals surface area contributed by atoms with Crippen LogP contribution in [0.3, 0.4) is 0 Å². The number of carbonyl (C=O) groups excluding carboxylic acids is 1. The van der Waals surface area contributed by atoms with Crippen LogP contribution in [0, 0.1) is 5.92 Å². The molecule has 0 unspecified atom stereocenters. The molecule has 5 nitrogen and oxygen atoms in total. The second-order valence-corrected chi connectivity index (χ2v) is 9.54. The molecule has 3 aromatic heterocycles. The number of esters is 1. The minimum Gasteiger partial charge on any atom is -0.473 e. The molecule has 0 radical (unpaired) electrons. The third kappa shape index (κ3) is 12.2. The second-order valence-electron chi connectivity index (χ2n) is 7.85. The topological polar surface area (TPSA) is 61.3 Å². The average Bonchev–Trinajstić information content (AvgIpc) is 3.23. The highest BCUT2D eigenvalue weighted by atomic mass is 32.1. The summed E-state index contributed by atoms with van der Waals surface area (Å²) in [4.78, 5) is 21.3. The Morgan fingerprint density at radius 2 is 1.48 bits per heavy atom. The molecule has 0 N–H and O–H groups in total. The van der Waals surface area contributed by atoms with Gasteiger partial charge in [-0.15, -0.1) is 22.7 Å². The maximum absolute atomic E-state index is 10.9. The highest BCUT2D eigenvalue weighted by Gasteiger charge is 2.18. The molecule has 0 aromatic carbocycles. The van der Waals surface area contributed by atoms with E-state index in [1.54, 1.807) is 22.7 Å². The third-order valence-corrected chi connectivity index (χ3v) is 4.85.